The van der Waals surface area contributed by atoms with Gasteiger partial charge in [-0.2, -0.15) is 0 Å². The van der Waals surface area contributed by atoms with Crippen LogP contribution in [-0.2, 0) is 11.2 Å². The number of hydrogen-bond acceptors (Lipinski definition) is 3. The third kappa shape index (κ3) is 4.87. The van der Waals surface area contributed by atoms with Crippen molar-refractivity contribution in [2.24, 2.45) is 11.7 Å². The number of anilines is 1. The quantitative estimate of drug-likeness (QED) is 0.874. The maximum atomic E-state index is 6.42. The molecule has 0 spiro atoms. The van der Waals surface area contributed by atoms with Crippen molar-refractivity contribution in [2.75, 3.05) is 31.7 Å². The van der Waals surface area contributed by atoms with Crippen molar-refractivity contribution < 1.29 is 4.74 Å². The Bertz CT molecular complexity index is 446. The lowest BCUT2D eigenvalue weighted by molar-refractivity contribution is 0.0685. The Balaban J connectivity index is 1.97. The van der Waals surface area contributed by atoms with Crippen LogP contribution in [0.15, 0.2) is 18.2 Å². The summed E-state index contributed by atoms with van der Waals surface area (Å²) in [6, 6.07) is 6.53. The molecular weight excluding hydrogens is 284 g/mol. The van der Waals surface area contributed by atoms with Crippen LogP contribution in [-0.4, -0.2) is 32.8 Å². The van der Waals surface area contributed by atoms with Crippen molar-refractivity contribution >= 4 is 17.3 Å². The zero-order valence-corrected chi connectivity index (χ0v) is 13.9. The highest BCUT2D eigenvalue weighted by molar-refractivity contribution is 6.31. The molecule has 0 radical (unpaired) electrons. The largest absolute Gasteiger partial charge is 0.381 e. The summed E-state index contributed by atoms with van der Waals surface area (Å²) in [4.78, 5) is 2.30. The molecule has 1 aromatic carbocycles. The summed E-state index contributed by atoms with van der Waals surface area (Å²) in [5.41, 5.74) is 8.34. The zero-order valence-electron chi connectivity index (χ0n) is 13.1. The molecule has 1 unspecified atom stereocenters. The normalized spacial score (nSPS) is 17.7. The van der Waals surface area contributed by atoms with Gasteiger partial charge in [0.25, 0.3) is 0 Å². The minimum Gasteiger partial charge on any atom is -0.381 e. The van der Waals surface area contributed by atoms with Crippen molar-refractivity contribution in [1.82, 2.24) is 0 Å². The fourth-order valence-corrected chi connectivity index (χ4v) is 3.04. The van der Waals surface area contributed by atoms with Crippen LogP contribution in [0.2, 0.25) is 5.02 Å². The van der Waals surface area contributed by atoms with E-state index >= 15 is 0 Å². The first-order valence-corrected chi connectivity index (χ1v) is 8.30. The van der Waals surface area contributed by atoms with Crippen LogP contribution in [0.1, 0.15) is 31.7 Å². The molecule has 1 aliphatic heterocycles. The second-order valence-corrected chi connectivity index (χ2v) is 6.49. The summed E-state index contributed by atoms with van der Waals surface area (Å²) in [6.07, 6.45) is 4.13. The monoisotopic (exact) mass is 310 g/mol. The van der Waals surface area contributed by atoms with Crippen LogP contribution in [0.25, 0.3) is 0 Å². The van der Waals surface area contributed by atoms with Crippen molar-refractivity contribution in [3.05, 3.63) is 28.8 Å². The van der Waals surface area contributed by atoms with Crippen molar-refractivity contribution in [3.8, 4) is 0 Å². The van der Waals surface area contributed by atoms with E-state index in [4.69, 9.17) is 22.1 Å². The third-order valence-corrected chi connectivity index (χ3v) is 4.71. The van der Waals surface area contributed by atoms with E-state index in [1.165, 1.54) is 5.69 Å². The molecule has 1 fully saturated rings. The molecule has 3 nitrogen and oxygen atoms in total. The number of halogens is 1. The first-order valence-electron chi connectivity index (χ1n) is 7.93. The predicted octanol–water partition coefficient (Wildman–Crippen LogP) is 3.48. The van der Waals surface area contributed by atoms with Gasteiger partial charge in [0.15, 0.2) is 0 Å². The van der Waals surface area contributed by atoms with Gasteiger partial charge in [0.2, 0.25) is 0 Å². The topological polar surface area (TPSA) is 38.5 Å². The van der Waals surface area contributed by atoms with Gasteiger partial charge in [-0.1, -0.05) is 24.6 Å². The summed E-state index contributed by atoms with van der Waals surface area (Å²) < 4.78 is 5.42. The molecule has 2 N–H and O–H groups in total. The van der Waals surface area contributed by atoms with Gasteiger partial charge in [-0.05, 0) is 49.3 Å². The van der Waals surface area contributed by atoms with Gasteiger partial charge < -0.3 is 15.4 Å². The number of nitrogens with two attached hydrogens (primary N) is 1. The SMILES string of the molecule is CCC(N)Cc1ccc(N(C)CC2CCOCC2)cc1Cl. The van der Waals surface area contributed by atoms with Crippen LogP contribution in [0.5, 0.6) is 0 Å². The summed E-state index contributed by atoms with van der Waals surface area (Å²) in [6.45, 7) is 4.96. The van der Waals surface area contributed by atoms with E-state index in [2.05, 4.69) is 37.1 Å². The lowest BCUT2D eigenvalue weighted by Crippen LogP contribution is -2.29. The van der Waals surface area contributed by atoms with Crippen LogP contribution >= 0.6 is 11.6 Å². The fourth-order valence-electron chi connectivity index (χ4n) is 2.79. The second kappa shape index (κ2) is 8.02. The number of ether oxygens (including phenoxy) is 1. The second-order valence-electron chi connectivity index (χ2n) is 6.08. The summed E-state index contributed by atoms with van der Waals surface area (Å²) in [5, 5.41) is 0.829. The van der Waals surface area contributed by atoms with Gasteiger partial charge in [-0.3, -0.25) is 0 Å². The Kier molecular flexibility index (Phi) is 6.34. The predicted molar refractivity (Wildman–Crippen MR) is 90.2 cm³/mol. The molecule has 0 aliphatic carbocycles. The van der Waals surface area contributed by atoms with Gasteiger partial charge in [-0.25, -0.2) is 0 Å². The third-order valence-electron chi connectivity index (χ3n) is 4.36. The fraction of sp³-hybridized carbons (Fsp3) is 0.647. The molecule has 21 heavy (non-hydrogen) atoms. The number of nitrogens with zero attached hydrogens (tertiary/aromatic N) is 1. The molecule has 1 saturated heterocycles. The standard InChI is InChI=1S/C17H27ClN2O/c1-3-15(19)10-14-4-5-16(11-17(14)18)20(2)12-13-6-8-21-9-7-13/h4-5,11,13,15H,3,6-10,12,19H2,1-2H3. The van der Waals surface area contributed by atoms with Gasteiger partial charge in [0.05, 0.1) is 0 Å². The van der Waals surface area contributed by atoms with E-state index in [-0.39, 0.29) is 6.04 Å². The first-order chi connectivity index (χ1) is 10.1. The molecule has 0 amide bonds. The van der Waals surface area contributed by atoms with Gasteiger partial charge in [-0.15, -0.1) is 0 Å². The van der Waals surface area contributed by atoms with E-state index < -0.39 is 0 Å². The van der Waals surface area contributed by atoms with E-state index in [1.807, 2.05) is 0 Å². The van der Waals surface area contributed by atoms with Crippen molar-refractivity contribution in [2.45, 2.75) is 38.6 Å². The van der Waals surface area contributed by atoms with E-state index in [0.717, 1.165) is 61.9 Å². The average molecular weight is 311 g/mol. The lowest BCUT2D eigenvalue weighted by atomic mass is 9.99. The molecule has 0 aromatic heterocycles. The van der Waals surface area contributed by atoms with Crippen LogP contribution in [0.3, 0.4) is 0 Å². The maximum absolute atomic E-state index is 6.42. The number of rotatable bonds is 6. The Morgan fingerprint density at radius 1 is 1.38 bits per heavy atom. The van der Waals surface area contributed by atoms with Crippen LogP contribution < -0.4 is 10.6 Å². The first kappa shape index (κ1) is 16.6. The number of benzene rings is 1. The van der Waals surface area contributed by atoms with Crippen LogP contribution in [0.4, 0.5) is 5.69 Å². The van der Waals surface area contributed by atoms with E-state index in [0.29, 0.717) is 0 Å². The van der Waals surface area contributed by atoms with Crippen LogP contribution in [0, 0.1) is 5.92 Å². The Labute approximate surface area is 133 Å². The van der Waals surface area contributed by atoms with Crippen molar-refractivity contribution in [1.29, 1.82) is 0 Å². The smallest absolute Gasteiger partial charge is 0.0469 e. The minimum absolute atomic E-state index is 0.188. The highest BCUT2D eigenvalue weighted by Crippen LogP contribution is 2.26. The lowest BCUT2D eigenvalue weighted by Gasteiger charge is -2.28. The van der Waals surface area contributed by atoms with Gasteiger partial charge in [0, 0.05) is 43.6 Å². The summed E-state index contributed by atoms with van der Waals surface area (Å²) >= 11 is 6.42. The number of hydrogen-bond donors (Lipinski definition) is 1. The zero-order chi connectivity index (χ0) is 15.2. The van der Waals surface area contributed by atoms with Gasteiger partial charge >= 0.3 is 0 Å². The summed E-state index contributed by atoms with van der Waals surface area (Å²) in [7, 11) is 2.14. The van der Waals surface area contributed by atoms with Gasteiger partial charge in [0.1, 0.15) is 0 Å². The minimum atomic E-state index is 0.188. The highest BCUT2D eigenvalue weighted by atomic mass is 35.5. The molecule has 2 rings (SSSR count). The Morgan fingerprint density at radius 2 is 2.10 bits per heavy atom. The molecule has 0 saturated carbocycles. The van der Waals surface area contributed by atoms with E-state index in [1.54, 1.807) is 0 Å². The average Bonchev–Trinajstić information content (AvgIpc) is 2.50. The van der Waals surface area contributed by atoms with Crippen molar-refractivity contribution in [3.63, 3.8) is 0 Å². The molecule has 118 valence electrons. The molecule has 1 aromatic rings. The van der Waals surface area contributed by atoms with E-state index in [9.17, 15) is 0 Å². The Hall–Kier alpha value is -0.770. The molecule has 1 atom stereocenters. The Morgan fingerprint density at radius 3 is 2.71 bits per heavy atom. The maximum Gasteiger partial charge on any atom is 0.0469 e. The molecule has 4 heteroatoms. The molecule has 1 heterocycles. The molecular formula is C17H27ClN2O. The molecule has 0 bridgehead atoms. The summed E-state index contributed by atoms with van der Waals surface area (Å²) in [5.74, 6) is 0.718. The highest BCUT2D eigenvalue weighted by Gasteiger charge is 2.16. The molecule has 1 aliphatic rings.